The van der Waals surface area contributed by atoms with Crippen LogP contribution in [-0.4, -0.2) is 20.2 Å². The van der Waals surface area contributed by atoms with Crippen LogP contribution in [0.5, 0.6) is 0 Å². The summed E-state index contributed by atoms with van der Waals surface area (Å²) in [5.74, 6) is 1.73. The second-order valence-corrected chi connectivity index (χ2v) is 4.98. The van der Waals surface area contributed by atoms with Crippen LogP contribution >= 0.6 is 0 Å². The standard InChI is InChI=1S/C14H19N5/c1-3-10-7-15-9(2)17-14(10)16-8-13-11-5-4-6-12(11)18-19-13/h7H,3-6,8H2,1-2H3,(H,18,19)(H,15,16,17). The lowest BCUT2D eigenvalue weighted by Crippen LogP contribution is -2.07. The molecule has 0 amide bonds. The maximum absolute atomic E-state index is 4.48. The Hall–Kier alpha value is -1.91. The van der Waals surface area contributed by atoms with Gasteiger partial charge in [0.15, 0.2) is 0 Å². The first-order chi connectivity index (χ1) is 9.28. The van der Waals surface area contributed by atoms with Gasteiger partial charge in [0, 0.05) is 17.5 Å². The first kappa shape index (κ1) is 12.1. The number of nitrogens with zero attached hydrogens (tertiary/aromatic N) is 3. The summed E-state index contributed by atoms with van der Waals surface area (Å²) in [6, 6.07) is 0. The van der Waals surface area contributed by atoms with Gasteiger partial charge < -0.3 is 5.32 Å². The summed E-state index contributed by atoms with van der Waals surface area (Å²) < 4.78 is 0. The van der Waals surface area contributed by atoms with E-state index in [0.717, 1.165) is 48.7 Å². The predicted octanol–water partition coefficient (Wildman–Crippen LogP) is 2.17. The molecule has 0 saturated heterocycles. The average molecular weight is 257 g/mol. The van der Waals surface area contributed by atoms with Gasteiger partial charge in [0.2, 0.25) is 0 Å². The normalized spacial score (nSPS) is 13.6. The Kier molecular flexibility index (Phi) is 3.19. The molecule has 2 aromatic heterocycles. The van der Waals surface area contributed by atoms with Crippen LogP contribution in [0.2, 0.25) is 0 Å². The third-order valence-corrected chi connectivity index (χ3v) is 3.68. The van der Waals surface area contributed by atoms with Crippen molar-refractivity contribution in [3.8, 4) is 0 Å². The van der Waals surface area contributed by atoms with E-state index in [0.29, 0.717) is 0 Å². The van der Waals surface area contributed by atoms with Crippen molar-refractivity contribution in [1.82, 2.24) is 20.2 Å². The third-order valence-electron chi connectivity index (χ3n) is 3.68. The zero-order valence-corrected chi connectivity index (χ0v) is 11.5. The lowest BCUT2D eigenvalue weighted by atomic mass is 10.2. The van der Waals surface area contributed by atoms with Gasteiger partial charge in [0.1, 0.15) is 11.6 Å². The Bertz CT molecular complexity index is 588. The molecule has 1 aliphatic rings. The molecule has 0 bridgehead atoms. The predicted molar refractivity (Wildman–Crippen MR) is 74.1 cm³/mol. The maximum atomic E-state index is 4.48. The molecular formula is C14H19N5. The highest BCUT2D eigenvalue weighted by molar-refractivity contribution is 5.44. The van der Waals surface area contributed by atoms with Gasteiger partial charge in [-0.25, -0.2) is 9.97 Å². The maximum Gasteiger partial charge on any atom is 0.133 e. The molecule has 2 N–H and O–H groups in total. The summed E-state index contributed by atoms with van der Waals surface area (Å²) in [4.78, 5) is 8.72. The number of anilines is 1. The molecule has 0 fully saturated rings. The number of rotatable bonds is 4. The van der Waals surface area contributed by atoms with Crippen molar-refractivity contribution in [2.45, 2.75) is 46.1 Å². The fourth-order valence-corrected chi connectivity index (χ4v) is 2.61. The van der Waals surface area contributed by atoms with E-state index in [1.165, 1.54) is 17.7 Å². The van der Waals surface area contributed by atoms with Crippen LogP contribution in [0.1, 0.15) is 41.7 Å². The monoisotopic (exact) mass is 257 g/mol. The fourth-order valence-electron chi connectivity index (χ4n) is 2.61. The lowest BCUT2D eigenvalue weighted by Gasteiger charge is -2.09. The SMILES string of the molecule is CCc1cnc(C)nc1NCc1n[nH]c2c1CCC2. The van der Waals surface area contributed by atoms with Crippen molar-refractivity contribution in [2.75, 3.05) is 5.32 Å². The number of aryl methyl sites for hydroxylation is 3. The van der Waals surface area contributed by atoms with Crippen LogP contribution in [-0.2, 0) is 25.8 Å². The number of aromatic amines is 1. The van der Waals surface area contributed by atoms with Crippen molar-refractivity contribution in [3.63, 3.8) is 0 Å². The molecule has 0 aromatic carbocycles. The van der Waals surface area contributed by atoms with Gasteiger partial charge in [-0.15, -0.1) is 0 Å². The second-order valence-electron chi connectivity index (χ2n) is 4.98. The molecule has 1 aliphatic carbocycles. The molecule has 0 spiro atoms. The zero-order valence-electron chi connectivity index (χ0n) is 11.5. The van der Waals surface area contributed by atoms with Gasteiger partial charge in [0.05, 0.1) is 12.2 Å². The minimum Gasteiger partial charge on any atom is -0.364 e. The van der Waals surface area contributed by atoms with Gasteiger partial charge in [-0.1, -0.05) is 6.92 Å². The summed E-state index contributed by atoms with van der Waals surface area (Å²) in [6.07, 6.45) is 6.35. The van der Waals surface area contributed by atoms with Crippen molar-refractivity contribution < 1.29 is 0 Å². The Morgan fingerprint density at radius 1 is 1.37 bits per heavy atom. The summed E-state index contributed by atoms with van der Waals surface area (Å²) in [6.45, 7) is 4.76. The van der Waals surface area contributed by atoms with E-state index in [9.17, 15) is 0 Å². The van der Waals surface area contributed by atoms with Gasteiger partial charge in [-0.3, -0.25) is 5.10 Å². The van der Waals surface area contributed by atoms with E-state index in [-0.39, 0.29) is 0 Å². The average Bonchev–Trinajstić information content (AvgIpc) is 3.00. The fraction of sp³-hybridized carbons (Fsp3) is 0.500. The highest BCUT2D eigenvalue weighted by atomic mass is 15.1. The molecule has 5 heteroatoms. The van der Waals surface area contributed by atoms with Gasteiger partial charge >= 0.3 is 0 Å². The highest BCUT2D eigenvalue weighted by Crippen LogP contribution is 2.23. The minimum absolute atomic E-state index is 0.731. The second kappa shape index (κ2) is 4.99. The molecule has 100 valence electrons. The molecular weight excluding hydrogens is 238 g/mol. The van der Waals surface area contributed by atoms with E-state index in [1.54, 1.807) is 0 Å². The molecule has 0 saturated carbocycles. The topological polar surface area (TPSA) is 66.5 Å². The van der Waals surface area contributed by atoms with Gasteiger partial charge in [-0.2, -0.15) is 5.10 Å². The summed E-state index contributed by atoms with van der Waals surface area (Å²) >= 11 is 0. The van der Waals surface area contributed by atoms with E-state index in [4.69, 9.17) is 0 Å². The van der Waals surface area contributed by atoms with E-state index < -0.39 is 0 Å². The molecule has 2 aromatic rings. The number of fused-ring (bicyclic) bond motifs is 1. The minimum atomic E-state index is 0.731. The van der Waals surface area contributed by atoms with Gasteiger partial charge in [-0.05, 0) is 38.2 Å². The summed E-state index contributed by atoms with van der Waals surface area (Å²) in [7, 11) is 0. The van der Waals surface area contributed by atoms with E-state index in [2.05, 4.69) is 32.4 Å². The van der Waals surface area contributed by atoms with E-state index >= 15 is 0 Å². The quantitative estimate of drug-likeness (QED) is 0.881. The lowest BCUT2D eigenvalue weighted by molar-refractivity contribution is 0.839. The van der Waals surface area contributed by atoms with Gasteiger partial charge in [0.25, 0.3) is 0 Å². The number of hydrogen-bond donors (Lipinski definition) is 2. The van der Waals surface area contributed by atoms with Crippen LogP contribution in [0.4, 0.5) is 5.82 Å². The van der Waals surface area contributed by atoms with Crippen molar-refractivity contribution in [2.24, 2.45) is 0 Å². The highest BCUT2D eigenvalue weighted by Gasteiger charge is 2.18. The van der Waals surface area contributed by atoms with Crippen LogP contribution < -0.4 is 5.32 Å². The summed E-state index contributed by atoms with van der Waals surface area (Å²) in [5.41, 5.74) is 4.99. The molecule has 3 rings (SSSR count). The van der Waals surface area contributed by atoms with Crippen LogP contribution in [0.3, 0.4) is 0 Å². The molecule has 0 atom stereocenters. The molecule has 0 aliphatic heterocycles. The smallest absolute Gasteiger partial charge is 0.133 e. The summed E-state index contributed by atoms with van der Waals surface area (Å²) in [5, 5.41) is 10.9. The number of hydrogen-bond acceptors (Lipinski definition) is 4. The molecule has 5 nitrogen and oxygen atoms in total. The van der Waals surface area contributed by atoms with Crippen LogP contribution in [0.25, 0.3) is 0 Å². The first-order valence-electron chi connectivity index (χ1n) is 6.89. The molecule has 0 unspecified atom stereocenters. The largest absolute Gasteiger partial charge is 0.364 e. The van der Waals surface area contributed by atoms with Crippen molar-refractivity contribution in [3.05, 3.63) is 34.5 Å². The first-order valence-corrected chi connectivity index (χ1v) is 6.89. The third kappa shape index (κ3) is 2.32. The van der Waals surface area contributed by atoms with Crippen LogP contribution in [0, 0.1) is 6.92 Å². The van der Waals surface area contributed by atoms with Crippen LogP contribution in [0.15, 0.2) is 6.20 Å². The van der Waals surface area contributed by atoms with E-state index in [1.807, 2.05) is 13.1 Å². The molecule has 19 heavy (non-hydrogen) atoms. The number of aromatic nitrogens is 4. The molecule has 0 radical (unpaired) electrons. The zero-order chi connectivity index (χ0) is 13.2. The van der Waals surface area contributed by atoms with Crippen molar-refractivity contribution >= 4 is 5.82 Å². The Morgan fingerprint density at radius 3 is 3.11 bits per heavy atom. The molecule has 2 heterocycles. The van der Waals surface area contributed by atoms with Crippen molar-refractivity contribution in [1.29, 1.82) is 0 Å². The Morgan fingerprint density at radius 2 is 2.26 bits per heavy atom. The number of H-pyrrole nitrogens is 1. The Labute approximate surface area is 112 Å². The number of nitrogens with one attached hydrogen (secondary N) is 2. The Balaban J connectivity index is 1.77.